The van der Waals surface area contributed by atoms with E-state index in [2.05, 4.69) is 78.5 Å². The third kappa shape index (κ3) is 4.90. The molecule has 1 aromatic carbocycles. The zero-order valence-corrected chi connectivity index (χ0v) is 24.0. The van der Waals surface area contributed by atoms with Gasteiger partial charge in [0.15, 0.2) is 5.65 Å². The van der Waals surface area contributed by atoms with Crippen LogP contribution in [-0.4, -0.2) is 81.8 Å². The van der Waals surface area contributed by atoms with Crippen molar-refractivity contribution in [3.63, 3.8) is 0 Å². The molecule has 0 spiro atoms. The number of phenolic OH excluding ortho intramolecular Hbond substituents is 1. The van der Waals surface area contributed by atoms with Crippen LogP contribution >= 0.6 is 0 Å². The summed E-state index contributed by atoms with van der Waals surface area (Å²) < 4.78 is 2.32. The van der Waals surface area contributed by atoms with Crippen LogP contribution in [0.2, 0.25) is 0 Å². The van der Waals surface area contributed by atoms with Gasteiger partial charge in [0.1, 0.15) is 17.1 Å². The van der Waals surface area contributed by atoms with Crippen molar-refractivity contribution < 1.29 is 5.11 Å². The van der Waals surface area contributed by atoms with Gasteiger partial charge in [-0.1, -0.05) is 19.1 Å². The number of imidazole rings is 1. The number of hydrogen-bond donors (Lipinski definition) is 2. The number of aromatic nitrogens is 3. The van der Waals surface area contributed by atoms with Crippen molar-refractivity contribution in [2.24, 2.45) is 0 Å². The zero-order chi connectivity index (χ0) is 27.0. The van der Waals surface area contributed by atoms with E-state index in [-0.39, 0.29) is 11.6 Å². The fourth-order valence-electron chi connectivity index (χ4n) is 6.91. The van der Waals surface area contributed by atoms with Crippen molar-refractivity contribution >= 4 is 16.9 Å². The standard InChI is InChI=1S/C30H45N7O/c1-7-27(36-19-21(3)32-22(4)20-36)29-33-26-17-24(18-31-28(26)37(29)8-2)35-14-12-30(13-15-35,34(5)6)23-10-9-11-25(38)16-23/h9-11,16-18,21-22,27,32,38H,7-8,12-15,19-20H2,1-6H3/t21-,22+,27?. The lowest BCUT2D eigenvalue weighted by atomic mass is 9.79. The Labute approximate surface area is 227 Å². The van der Waals surface area contributed by atoms with Crippen molar-refractivity contribution in [3.8, 4) is 5.75 Å². The molecule has 2 aromatic heterocycles. The number of piperazine rings is 1. The Morgan fingerprint density at radius 2 is 1.82 bits per heavy atom. The van der Waals surface area contributed by atoms with Gasteiger partial charge in [-0.05, 0) is 77.9 Å². The van der Waals surface area contributed by atoms with Crippen LogP contribution in [0.4, 0.5) is 5.69 Å². The van der Waals surface area contributed by atoms with Crippen LogP contribution in [0.5, 0.6) is 5.75 Å². The van der Waals surface area contributed by atoms with Crippen LogP contribution < -0.4 is 10.2 Å². The van der Waals surface area contributed by atoms with E-state index in [0.717, 1.165) is 74.7 Å². The molecule has 38 heavy (non-hydrogen) atoms. The first-order valence-corrected chi connectivity index (χ1v) is 14.3. The lowest BCUT2D eigenvalue weighted by Crippen LogP contribution is -2.55. The Morgan fingerprint density at radius 3 is 2.42 bits per heavy atom. The van der Waals surface area contributed by atoms with Gasteiger partial charge in [-0.15, -0.1) is 0 Å². The summed E-state index contributed by atoms with van der Waals surface area (Å²) in [5, 5.41) is 13.8. The molecule has 206 valence electrons. The number of anilines is 1. The summed E-state index contributed by atoms with van der Waals surface area (Å²) in [6.07, 6.45) is 5.02. The minimum atomic E-state index is -0.0876. The number of hydrogen-bond acceptors (Lipinski definition) is 7. The number of nitrogens with one attached hydrogen (secondary N) is 1. The van der Waals surface area contributed by atoms with Crippen LogP contribution in [0.25, 0.3) is 11.2 Å². The molecule has 0 saturated carbocycles. The average Bonchev–Trinajstić information content (AvgIpc) is 3.26. The maximum atomic E-state index is 10.1. The topological polar surface area (TPSA) is 72.7 Å². The van der Waals surface area contributed by atoms with Gasteiger partial charge in [0.05, 0.1) is 17.9 Å². The summed E-state index contributed by atoms with van der Waals surface area (Å²) in [7, 11) is 4.30. The number of phenols is 1. The maximum Gasteiger partial charge on any atom is 0.160 e. The molecule has 0 radical (unpaired) electrons. The van der Waals surface area contributed by atoms with Crippen LogP contribution in [0, 0.1) is 0 Å². The summed E-state index contributed by atoms with van der Waals surface area (Å²) in [6.45, 7) is 13.8. The minimum Gasteiger partial charge on any atom is -0.508 e. The van der Waals surface area contributed by atoms with Gasteiger partial charge < -0.3 is 19.9 Å². The number of benzene rings is 1. The van der Waals surface area contributed by atoms with Crippen LogP contribution in [0.15, 0.2) is 36.5 Å². The molecule has 0 amide bonds. The van der Waals surface area contributed by atoms with Gasteiger partial charge >= 0.3 is 0 Å². The summed E-state index contributed by atoms with van der Waals surface area (Å²) in [5.41, 5.74) is 4.22. The molecule has 2 saturated heterocycles. The Hall–Kier alpha value is -2.68. The summed E-state index contributed by atoms with van der Waals surface area (Å²) in [6, 6.07) is 11.3. The zero-order valence-electron chi connectivity index (χ0n) is 24.0. The normalized spacial score (nSPS) is 23.3. The highest BCUT2D eigenvalue weighted by atomic mass is 16.3. The molecule has 3 aromatic rings. The molecule has 5 rings (SSSR count). The largest absolute Gasteiger partial charge is 0.508 e. The Balaban J connectivity index is 1.41. The van der Waals surface area contributed by atoms with Gasteiger partial charge in [0.25, 0.3) is 0 Å². The number of nitrogens with zero attached hydrogens (tertiary/aromatic N) is 6. The van der Waals surface area contributed by atoms with Crippen molar-refractivity contribution in [3.05, 3.63) is 47.9 Å². The molecule has 4 heterocycles. The molecular weight excluding hydrogens is 474 g/mol. The number of fused-ring (bicyclic) bond motifs is 1. The van der Waals surface area contributed by atoms with Gasteiger partial charge in [0, 0.05) is 50.3 Å². The van der Waals surface area contributed by atoms with E-state index >= 15 is 0 Å². The summed E-state index contributed by atoms with van der Waals surface area (Å²) in [5.74, 6) is 1.48. The highest BCUT2D eigenvalue weighted by Gasteiger charge is 2.39. The van der Waals surface area contributed by atoms with E-state index in [9.17, 15) is 5.11 Å². The fraction of sp³-hybridized carbons (Fsp3) is 0.600. The molecule has 2 N–H and O–H groups in total. The van der Waals surface area contributed by atoms with Crippen molar-refractivity contribution in [1.29, 1.82) is 0 Å². The number of piperidine rings is 1. The summed E-state index contributed by atoms with van der Waals surface area (Å²) >= 11 is 0. The number of aryl methyl sites for hydroxylation is 1. The highest BCUT2D eigenvalue weighted by Crippen LogP contribution is 2.40. The van der Waals surface area contributed by atoms with Crippen LogP contribution in [-0.2, 0) is 12.1 Å². The molecular formula is C30H45N7O. The second kappa shape index (κ2) is 10.8. The Kier molecular flexibility index (Phi) is 7.67. The van der Waals surface area contributed by atoms with E-state index in [1.54, 1.807) is 6.07 Å². The van der Waals surface area contributed by atoms with E-state index in [1.807, 2.05) is 18.3 Å². The SMILES string of the molecule is CCC(c1nc2cc(N3CCC(c4cccc(O)c4)(N(C)C)CC3)cnc2n1CC)N1C[C@@H](C)N[C@@H](C)C1. The van der Waals surface area contributed by atoms with E-state index in [0.29, 0.717) is 17.8 Å². The molecule has 2 fully saturated rings. The fourth-order valence-corrected chi connectivity index (χ4v) is 6.91. The molecule has 2 aliphatic heterocycles. The van der Waals surface area contributed by atoms with Crippen LogP contribution in [0.3, 0.4) is 0 Å². The molecule has 0 aliphatic carbocycles. The van der Waals surface area contributed by atoms with Crippen molar-refractivity contribution in [1.82, 2.24) is 29.7 Å². The average molecular weight is 520 g/mol. The van der Waals surface area contributed by atoms with Gasteiger partial charge in [0.2, 0.25) is 0 Å². The number of aromatic hydroxyl groups is 1. The first-order chi connectivity index (χ1) is 18.3. The van der Waals surface area contributed by atoms with E-state index < -0.39 is 0 Å². The Bertz CT molecular complexity index is 1240. The molecule has 0 bridgehead atoms. The first kappa shape index (κ1) is 26.9. The lowest BCUT2D eigenvalue weighted by molar-refractivity contribution is 0.113. The number of rotatable bonds is 7. The van der Waals surface area contributed by atoms with Gasteiger partial charge in [-0.2, -0.15) is 0 Å². The second-order valence-electron chi connectivity index (χ2n) is 11.6. The minimum absolute atomic E-state index is 0.0876. The summed E-state index contributed by atoms with van der Waals surface area (Å²) in [4.78, 5) is 17.6. The van der Waals surface area contributed by atoms with Gasteiger partial charge in [-0.3, -0.25) is 9.80 Å². The Morgan fingerprint density at radius 1 is 1.11 bits per heavy atom. The molecule has 8 heteroatoms. The van der Waals surface area contributed by atoms with Crippen molar-refractivity contribution in [2.45, 2.75) is 77.2 Å². The smallest absolute Gasteiger partial charge is 0.160 e. The number of pyridine rings is 1. The molecule has 2 aliphatic rings. The highest BCUT2D eigenvalue weighted by molar-refractivity contribution is 5.76. The molecule has 1 unspecified atom stereocenters. The van der Waals surface area contributed by atoms with Gasteiger partial charge in [-0.25, -0.2) is 9.97 Å². The second-order valence-corrected chi connectivity index (χ2v) is 11.6. The van der Waals surface area contributed by atoms with Crippen LogP contribution in [0.1, 0.15) is 64.4 Å². The van der Waals surface area contributed by atoms with E-state index in [4.69, 9.17) is 9.97 Å². The van der Waals surface area contributed by atoms with E-state index in [1.165, 1.54) is 5.56 Å². The monoisotopic (exact) mass is 519 g/mol. The third-order valence-corrected chi connectivity index (χ3v) is 8.82. The predicted octanol–water partition coefficient (Wildman–Crippen LogP) is 4.35. The predicted molar refractivity (Wildman–Crippen MR) is 155 cm³/mol. The first-order valence-electron chi connectivity index (χ1n) is 14.3. The lowest BCUT2D eigenvalue weighted by Gasteiger charge is -2.47. The third-order valence-electron chi connectivity index (χ3n) is 8.82. The molecule has 8 nitrogen and oxygen atoms in total. The van der Waals surface area contributed by atoms with Crippen molar-refractivity contribution in [2.75, 3.05) is 45.2 Å². The quantitative estimate of drug-likeness (QED) is 0.481. The molecule has 3 atom stereocenters. The maximum absolute atomic E-state index is 10.1.